The van der Waals surface area contributed by atoms with E-state index in [9.17, 15) is 24.6 Å². The molecule has 2 aliphatic heterocycles. The van der Waals surface area contributed by atoms with Crippen molar-refractivity contribution in [3.8, 4) is 0 Å². The Bertz CT molecular complexity index is 1700. The highest BCUT2D eigenvalue weighted by Gasteiger charge is 2.49. The number of carboxylic acids is 1. The molecular weight excluding hydrogens is 669 g/mol. The van der Waals surface area contributed by atoms with Crippen LogP contribution in [-0.4, -0.2) is 58.9 Å². The number of hydrogen-bond acceptors (Lipinski definition) is 9. The van der Waals surface area contributed by atoms with Crippen LogP contribution < -0.4 is 4.90 Å². The van der Waals surface area contributed by atoms with Crippen LogP contribution in [0.4, 0.5) is 11.4 Å². The van der Waals surface area contributed by atoms with Crippen molar-refractivity contribution in [2.45, 2.75) is 47.1 Å². The summed E-state index contributed by atoms with van der Waals surface area (Å²) in [6.07, 6.45) is 0. The van der Waals surface area contributed by atoms with E-state index in [1.54, 1.807) is 26.8 Å². The summed E-state index contributed by atoms with van der Waals surface area (Å²) < 4.78 is 26.6. The highest BCUT2D eigenvalue weighted by Crippen LogP contribution is 2.67. The third kappa shape index (κ3) is 9.38. The molecule has 0 saturated carbocycles. The van der Waals surface area contributed by atoms with Crippen LogP contribution >= 0.6 is 20.0 Å². The number of aliphatic hydroxyl groups excluding tert-OH is 1. The lowest BCUT2D eigenvalue weighted by molar-refractivity contribution is -0.384. The summed E-state index contributed by atoms with van der Waals surface area (Å²) in [6.45, 7) is 11.1. The van der Waals surface area contributed by atoms with Gasteiger partial charge in [0.05, 0.1) is 34.9 Å². The number of anilines is 1. The standard InChI is InChI=1S/C34H38N3O7P.C2H6O.ClH/c1-24-30(33(38)39)31(27-14-11-17-29(20-27)37(40)41)32(45(42)43-22-34(3,4)23-44-45)25(2)36(24)19-18-35(28-15-9-6-10-16-28)21-26-12-7-5-8-13-26;1-2-3;/h5-17,20,31H,18-19,21-23H2,1-4H3,(H,38,39);3H,2H2,1H3;1H. The van der Waals surface area contributed by atoms with Gasteiger partial charge in [-0.15, -0.1) is 12.4 Å². The van der Waals surface area contributed by atoms with Gasteiger partial charge in [0.2, 0.25) is 0 Å². The molecule has 3 aromatic rings. The first kappa shape index (κ1) is 39.4. The summed E-state index contributed by atoms with van der Waals surface area (Å²) in [6, 6.07) is 25.8. The van der Waals surface area contributed by atoms with E-state index in [4.69, 9.17) is 14.2 Å². The minimum absolute atomic E-state index is 0. The van der Waals surface area contributed by atoms with Gasteiger partial charge in [0.1, 0.15) is 0 Å². The molecule has 5 rings (SSSR count). The molecule has 0 amide bonds. The average Bonchev–Trinajstić information content (AvgIpc) is 3.06. The van der Waals surface area contributed by atoms with Crippen LogP contribution in [0.2, 0.25) is 0 Å². The topological polar surface area (TPSA) is 143 Å². The molecule has 0 spiro atoms. The molecule has 0 bridgehead atoms. The minimum Gasteiger partial charge on any atom is -0.478 e. The Morgan fingerprint density at radius 2 is 1.57 bits per heavy atom. The van der Waals surface area contributed by atoms with E-state index in [2.05, 4.69) is 17.0 Å². The molecule has 0 aliphatic carbocycles. The van der Waals surface area contributed by atoms with Crippen molar-refractivity contribution in [3.05, 3.63) is 128 Å². The molecule has 2 heterocycles. The number of halogens is 1. The molecule has 49 heavy (non-hydrogen) atoms. The van der Waals surface area contributed by atoms with E-state index in [1.807, 2.05) is 67.3 Å². The smallest absolute Gasteiger partial charge is 0.360 e. The van der Waals surface area contributed by atoms with E-state index in [-0.39, 0.29) is 48.8 Å². The second-order valence-electron chi connectivity index (χ2n) is 12.5. The highest BCUT2D eigenvalue weighted by atomic mass is 35.5. The van der Waals surface area contributed by atoms with E-state index < -0.39 is 29.8 Å². The van der Waals surface area contributed by atoms with Gasteiger partial charge in [-0.2, -0.15) is 0 Å². The van der Waals surface area contributed by atoms with Crippen molar-refractivity contribution < 1.29 is 33.5 Å². The SMILES string of the molecule is CC1=C(C(=O)O)C(c2cccc([N+](=O)[O-])c2)C(P2(=O)OCC(C)(C)CO2)=C(C)N1CCN(Cc1ccccc1)c1ccccc1.CCO.Cl. The third-order valence-electron chi connectivity index (χ3n) is 8.25. The Hall–Kier alpha value is -3.99. The first-order chi connectivity index (χ1) is 22.8. The number of carbonyl (C=O) groups is 1. The van der Waals surface area contributed by atoms with Gasteiger partial charge in [-0.3, -0.25) is 14.7 Å². The van der Waals surface area contributed by atoms with Crippen molar-refractivity contribution in [2.75, 3.05) is 37.8 Å². The fourth-order valence-corrected chi connectivity index (χ4v) is 8.41. The number of nitro benzene ring substituents is 1. The number of nitro groups is 1. The van der Waals surface area contributed by atoms with Crippen LogP contribution in [0, 0.1) is 15.5 Å². The van der Waals surface area contributed by atoms with Crippen LogP contribution in [-0.2, 0) is 25.0 Å². The molecule has 1 unspecified atom stereocenters. The van der Waals surface area contributed by atoms with Gasteiger partial charge in [-0.25, -0.2) is 4.79 Å². The summed E-state index contributed by atoms with van der Waals surface area (Å²) in [5.41, 5.74) is 2.83. The van der Waals surface area contributed by atoms with Crippen molar-refractivity contribution in [2.24, 2.45) is 5.41 Å². The third-order valence-corrected chi connectivity index (χ3v) is 10.4. The molecule has 3 aromatic carbocycles. The highest BCUT2D eigenvalue weighted by molar-refractivity contribution is 7.58. The normalized spacial score (nSPS) is 18.2. The zero-order valence-corrected chi connectivity index (χ0v) is 30.2. The van der Waals surface area contributed by atoms with Gasteiger partial charge in [0.15, 0.2) is 0 Å². The molecule has 1 fully saturated rings. The number of rotatable bonds is 10. The fourth-order valence-electron chi connectivity index (χ4n) is 5.90. The molecule has 2 aliphatic rings. The van der Waals surface area contributed by atoms with Crippen LogP contribution in [0.25, 0.3) is 0 Å². The molecule has 264 valence electrons. The predicted octanol–water partition coefficient (Wildman–Crippen LogP) is 7.98. The second kappa shape index (κ2) is 17.1. The molecular formula is C36H45ClN3O8P. The van der Waals surface area contributed by atoms with Gasteiger partial charge in [0.25, 0.3) is 5.69 Å². The van der Waals surface area contributed by atoms with E-state index in [1.165, 1.54) is 18.2 Å². The second-order valence-corrected chi connectivity index (χ2v) is 14.5. The van der Waals surface area contributed by atoms with Gasteiger partial charge >= 0.3 is 13.6 Å². The maximum Gasteiger partial charge on any atom is 0.360 e. The van der Waals surface area contributed by atoms with Crippen LogP contribution in [0.15, 0.2) is 107 Å². The largest absolute Gasteiger partial charge is 0.478 e. The zero-order chi connectivity index (χ0) is 35.1. The summed E-state index contributed by atoms with van der Waals surface area (Å²) in [5, 5.41) is 30.1. The number of hydrogen-bond donors (Lipinski definition) is 2. The van der Waals surface area contributed by atoms with Crippen molar-refractivity contribution >= 4 is 37.3 Å². The Balaban J connectivity index is 0.00000157. The van der Waals surface area contributed by atoms with E-state index in [0.717, 1.165) is 11.3 Å². The molecule has 11 nitrogen and oxygen atoms in total. The first-order valence-electron chi connectivity index (χ1n) is 15.8. The van der Waals surface area contributed by atoms with Gasteiger partial charge < -0.3 is 29.1 Å². The number of aliphatic hydroxyl groups is 1. The summed E-state index contributed by atoms with van der Waals surface area (Å²) in [7, 11) is -4.03. The molecule has 0 radical (unpaired) electrons. The summed E-state index contributed by atoms with van der Waals surface area (Å²) in [4.78, 5) is 28.3. The minimum atomic E-state index is -4.03. The van der Waals surface area contributed by atoms with Crippen LogP contribution in [0.3, 0.4) is 0 Å². The summed E-state index contributed by atoms with van der Waals surface area (Å²) in [5.74, 6) is -2.30. The quantitative estimate of drug-likeness (QED) is 0.121. The number of para-hydroxylation sites is 1. The first-order valence-corrected chi connectivity index (χ1v) is 17.4. The van der Waals surface area contributed by atoms with Gasteiger partial charge in [-0.1, -0.05) is 74.5 Å². The Kier molecular flexibility index (Phi) is 13.8. The van der Waals surface area contributed by atoms with Gasteiger partial charge in [0, 0.05) is 60.9 Å². The molecule has 1 saturated heterocycles. The van der Waals surface area contributed by atoms with Crippen molar-refractivity contribution in [3.63, 3.8) is 0 Å². The lowest BCUT2D eigenvalue weighted by Crippen LogP contribution is -2.39. The molecule has 0 aromatic heterocycles. The monoisotopic (exact) mass is 713 g/mol. The van der Waals surface area contributed by atoms with E-state index >= 15 is 0 Å². The maximum atomic E-state index is 14.6. The lowest BCUT2D eigenvalue weighted by atomic mass is 9.85. The average molecular weight is 714 g/mol. The van der Waals surface area contributed by atoms with Gasteiger partial charge in [-0.05, 0) is 44.0 Å². The van der Waals surface area contributed by atoms with Crippen molar-refractivity contribution in [1.29, 1.82) is 0 Å². The Labute approximate surface area is 293 Å². The molecule has 1 atom stereocenters. The van der Waals surface area contributed by atoms with Crippen LogP contribution in [0.5, 0.6) is 0 Å². The number of non-ortho nitro benzene ring substituents is 1. The summed E-state index contributed by atoms with van der Waals surface area (Å²) >= 11 is 0. The number of carboxylic acid groups (broad SMARTS) is 1. The number of allylic oxidation sites excluding steroid dienone is 3. The van der Waals surface area contributed by atoms with Crippen LogP contribution in [0.1, 0.15) is 51.7 Å². The number of nitrogens with zero attached hydrogens (tertiary/aromatic N) is 3. The molecule has 13 heteroatoms. The maximum absolute atomic E-state index is 14.6. The lowest BCUT2D eigenvalue weighted by Gasteiger charge is -2.43. The Morgan fingerprint density at radius 1 is 1.00 bits per heavy atom. The zero-order valence-electron chi connectivity index (χ0n) is 28.4. The van der Waals surface area contributed by atoms with Crippen molar-refractivity contribution in [1.82, 2.24) is 4.90 Å². The predicted molar refractivity (Wildman–Crippen MR) is 193 cm³/mol. The fraction of sp³-hybridized carbons (Fsp3) is 0.361. The Morgan fingerprint density at radius 3 is 2.12 bits per heavy atom. The number of aliphatic carboxylic acids is 1. The molecule has 2 N–H and O–H groups in total. The number of benzene rings is 3. The van der Waals surface area contributed by atoms with E-state index in [0.29, 0.717) is 36.6 Å².